The van der Waals surface area contributed by atoms with Crippen LogP contribution in [0.1, 0.15) is 43.6 Å². The molecule has 4 fully saturated rings. The standard InChI is InChI=1S/C19H22N4OS/c1-2-12(1)13-3-4-15-16(9-13)25-18(20-15)21-17-10-19(24-22-17)11-23-7-5-14(19)6-8-23/h3-4,9,12,14H,1-2,5-8,10-11H2,(H,20,21,22). The lowest BCUT2D eigenvalue weighted by Crippen LogP contribution is -2.59. The molecule has 1 unspecified atom stereocenters. The molecule has 25 heavy (non-hydrogen) atoms. The molecule has 1 saturated carbocycles. The van der Waals surface area contributed by atoms with Crippen LogP contribution in [0.5, 0.6) is 0 Å². The molecule has 5 heterocycles. The van der Waals surface area contributed by atoms with E-state index in [-0.39, 0.29) is 5.60 Å². The fourth-order valence-corrected chi connectivity index (χ4v) is 5.71. The van der Waals surface area contributed by atoms with Gasteiger partial charge in [0.2, 0.25) is 0 Å². The van der Waals surface area contributed by atoms with Gasteiger partial charge in [-0.15, -0.1) is 0 Å². The molecular formula is C19H22N4OS. The Balaban J connectivity index is 1.21. The maximum Gasteiger partial charge on any atom is 0.189 e. The summed E-state index contributed by atoms with van der Waals surface area (Å²) >= 11 is 1.72. The Morgan fingerprint density at radius 1 is 1.20 bits per heavy atom. The number of fused-ring (bicyclic) bond motifs is 3. The minimum atomic E-state index is -0.0886. The van der Waals surface area contributed by atoms with Crippen LogP contribution in [0.25, 0.3) is 10.2 Å². The predicted octanol–water partition coefficient (Wildman–Crippen LogP) is 3.78. The van der Waals surface area contributed by atoms with Gasteiger partial charge in [0.05, 0.1) is 16.6 Å². The van der Waals surface area contributed by atoms with Gasteiger partial charge in [-0.1, -0.05) is 22.6 Å². The summed E-state index contributed by atoms with van der Waals surface area (Å²) in [6.45, 7) is 3.47. The van der Waals surface area contributed by atoms with E-state index in [1.165, 1.54) is 49.0 Å². The monoisotopic (exact) mass is 354 g/mol. The molecule has 4 aliphatic heterocycles. The highest BCUT2D eigenvalue weighted by atomic mass is 32.1. The highest BCUT2D eigenvalue weighted by Gasteiger charge is 2.52. The van der Waals surface area contributed by atoms with Crippen molar-refractivity contribution >= 4 is 32.5 Å². The van der Waals surface area contributed by atoms with Gasteiger partial charge < -0.3 is 10.2 Å². The quantitative estimate of drug-likeness (QED) is 0.892. The summed E-state index contributed by atoms with van der Waals surface area (Å²) in [5, 5.41) is 8.77. The average molecular weight is 354 g/mol. The van der Waals surface area contributed by atoms with Crippen LogP contribution in [0.15, 0.2) is 23.4 Å². The molecule has 7 rings (SSSR count). The van der Waals surface area contributed by atoms with Crippen molar-refractivity contribution in [3.8, 4) is 0 Å². The topological polar surface area (TPSA) is 49.8 Å². The first kappa shape index (κ1) is 14.5. The first-order chi connectivity index (χ1) is 12.3. The molecular weight excluding hydrogens is 332 g/mol. The van der Waals surface area contributed by atoms with Crippen LogP contribution in [0.4, 0.5) is 5.13 Å². The summed E-state index contributed by atoms with van der Waals surface area (Å²) in [5.41, 5.74) is 2.46. The number of nitrogens with one attached hydrogen (secondary N) is 1. The van der Waals surface area contributed by atoms with Crippen LogP contribution in [0.2, 0.25) is 0 Å². The molecule has 5 nitrogen and oxygen atoms in total. The Bertz CT molecular complexity index is 865. The second kappa shape index (κ2) is 5.17. The molecule has 1 spiro atoms. The van der Waals surface area contributed by atoms with Crippen molar-refractivity contribution in [2.24, 2.45) is 11.1 Å². The fourth-order valence-electron chi connectivity index (χ4n) is 4.78. The number of rotatable bonds is 2. The molecule has 0 radical (unpaired) electrons. The highest BCUT2D eigenvalue weighted by Crippen LogP contribution is 2.44. The molecule has 1 atom stereocenters. The van der Waals surface area contributed by atoms with E-state index in [4.69, 9.17) is 9.82 Å². The summed E-state index contributed by atoms with van der Waals surface area (Å²) in [6, 6.07) is 6.71. The van der Waals surface area contributed by atoms with E-state index in [0.717, 1.165) is 35.4 Å². The Labute approximate surface area is 151 Å². The van der Waals surface area contributed by atoms with Crippen molar-refractivity contribution < 1.29 is 4.84 Å². The van der Waals surface area contributed by atoms with Gasteiger partial charge in [0.1, 0.15) is 0 Å². The second-order valence-electron chi connectivity index (χ2n) is 8.07. The average Bonchev–Trinajstić information content (AvgIpc) is 3.31. The van der Waals surface area contributed by atoms with Crippen LogP contribution in [-0.2, 0) is 4.84 Å². The largest absolute Gasteiger partial charge is 0.386 e. The number of hydrogen-bond acceptors (Lipinski definition) is 6. The molecule has 1 N–H and O–H groups in total. The Morgan fingerprint density at radius 3 is 2.84 bits per heavy atom. The van der Waals surface area contributed by atoms with E-state index >= 15 is 0 Å². The number of anilines is 1. The molecule has 1 aromatic heterocycles. The van der Waals surface area contributed by atoms with Crippen molar-refractivity contribution in [1.29, 1.82) is 0 Å². The Kier molecular flexibility index (Phi) is 3.00. The lowest BCUT2D eigenvalue weighted by atomic mass is 9.73. The van der Waals surface area contributed by atoms with Gasteiger partial charge in [-0.25, -0.2) is 4.98 Å². The van der Waals surface area contributed by atoms with Crippen LogP contribution >= 0.6 is 11.3 Å². The minimum Gasteiger partial charge on any atom is -0.386 e. The van der Waals surface area contributed by atoms with Crippen molar-refractivity contribution in [2.75, 3.05) is 25.0 Å². The van der Waals surface area contributed by atoms with Crippen molar-refractivity contribution in [2.45, 2.75) is 43.6 Å². The smallest absolute Gasteiger partial charge is 0.189 e. The lowest BCUT2D eigenvalue weighted by Gasteiger charge is -2.49. The maximum atomic E-state index is 5.99. The van der Waals surface area contributed by atoms with E-state index in [1.807, 2.05) is 0 Å². The SMILES string of the molecule is c1cc2nc(NC3=NOC4(C3)CN3CCC4CC3)sc2cc1C1CC1. The summed E-state index contributed by atoms with van der Waals surface area (Å²) < 4.78 is 1.27. The predicted molar refractivity (Wildman–Crippen MR) is 100 cm³/mol. The molecule has 3 saturated heterocycles. The number of aromatic nitrogens is 1. The zero-order valence-electron chi connectivity index (χ0n) is 14.2. The molecule has 1 aliphatic carbocycles. The first-order valence-electron chi connectivity index (χ1n) is 9.42. The fraction of sp³-hybridized carbons (Fsp3) is 0.579. The van der Waals surface area contributed by atoms with Crippen molar-refractivity contribution in [3.05, 3.63) is 23.8 Å². The summed E-state index contributed by atoms with van der Waals surface area (Å²) in [5.74, 6) is 2.37. The van der Waals surface area contributed by atoms with Crippen LogP contribution in [0.3, 0.4) is 0 Å². The molecule has 2 bridgehead atoms. The van der Waals surface area contributed by atoms with E-state index in [0.29, 0.717) is 5.92 Å². The summed E-state index contributed by atoms with van der Waals surface area (Å²) in [7, 11) is 0. The van der Waals surface area contributed by atoms with Crippen LogP contribution in [0, 0.1) is 5.92 Å². The number of hydrogen-bond donors (Lipinski definition) is 1. The maximum absolute atomic E-state index is 5.99. The van der Waals surface area contributed by atoms with Gasteiger partial charge in [-0.05, 0) is 62.4 Å². The lowest BCUT2D eigenvalue weighted by molar-refractivity contribution is -0.136. The number of nitrogens with zero attached hydrogens (tertiary/aromatic N) is 3. The second-order valence-corrected chi connectivity index (χ2v) is 9.10. The van der Waals surface area contributed by atoms with Gasteiger partial charge >= 0.3 is 0 Å². The van der Waals surface area contributed by atoms with E-state index in [1.54, 1.807) is 11.3 Å². The molecule has 0 amide bonds. The third-order valence-electron chi connectivity index (χ3n) is 6.34. The number of piperidine rings is 3. The van der Waals surface area contributed by atoms with Crippen molar-refractivity contribution in [1.82, 2.24) is 9.88 Å². The van der Waals surface area contributed by atoms with E-state index < -0.39 is 0 Å². The molecule has 2 aromatic rings. The molecule has 1 aromatic carbocycles. The third kappa shape index (κ3) is 2.38. The third-order valence-corrected chi connectivity index (χ3v) is 7.27. The summed E-state index contributed by atoms with van der Waals surface area (Å²) in [6.07, 6.45) is 6.05. The number of thiazole rings is 1. The highest BCUT2D eigenvalue weighted by molar-refractivity contribution is 7.22. The van der Waals surface area contributed by atoms with Crippen molar-refractivity contribution in [3.63, 3.8) is 0 Å². The van der Waals surface area contributed by atoms with Gasteiger partial charge in [0.15, 0.2) is 16.6 Å². The van der Waals surface area contributed by atoms with Gasteiger partial charge in [-0.2, -0.15) is 0 Å². The zero-order chi connectivity index (χ0) is 16.4. The number of oxime groups is 1. The van der Waals surface area contributed by atoms with Crippen LogP contribution < -0.4 is 5.32 Å². The van der Waals surface area contributed by atoms with Gasteiger partial charge in [0.25, 0.3) is 0 Å². The van der Waals surface area contributed by atoms with E-state index in [9.17, 15) is 0 Å². The number of amidine groups is 1. The van der Waals surface area contributed by atoms with Gasteiger partial charge in [0, 0.05) is 12.5 Å². The van der Waals surface area contributed by atoms with Gasteiger partial charge in [-0.3, -0.25) is 4.90 Å². The Hall–Kier alpha value is -1.66. The zero-order valence-corrected chi connectivity index (χ0v) is 15.0. The first-order valence-corrected chi connectivity index (χ1v) is 10.2. The number of benzene rings is 1. The molecule has 6 heteroatoms. The Morgan fingerprint density at radius 2 is 2.08 bits per heavy atom. The van der Waals surface area contributed by atoms with E-state index in [2.05, 4.69) is 33.6 Å². The normalized spacial score (nSPS) is 33.7. The minimum absolute atomic E-state index is 0.0886. The summed E-state index contributed by atoms with van der Waals surface area (Å²) in [4.78, 5) is 13.3. The molecule has 130 valence electrons. The molecule has 5 aliphatic rings. The van der Waals surface area contributed by atoms with Crippen LogP contribution in [-0.4, -0.2) is 41.0 Å².